The van der Waals surface area contributed by atoms with Gasteiger partial charge in [-0.15, -0.1) is 0 Å². The zero-order valence-corrected chi connectivity index (χ0v) is 7.61. The van der Waals surface area contributed by atoms with Crippen molar-refractivity contribution in [3.05, 3.63) is 48.2 Å². The molecule has 0 atom stereocenters. The molecule has 1 aromatic carbocycles. The van der Waals surface area contributed by atoms with E-state index in [1.165, 1.54) is 24.3 Å². The van der Waals surface area contributed by atoms with E-state index in [9.17, 15) is 8.78 Å². The summed E-state index contributed by atoms with van der Waals surface area (Å²) in [6.07, 6.45) is 1.06. The number of aromatic nitrogens is 1. The first-order valence-electron chi connectivity index (χ1n) is 4.27. The molecule has 0 aliphatic rings. The van der Waals surface area contributed by atoms with Crippen molar-refractivity contribution in [3.8, 4) is 17.0 Å². The first-order valence-corrected chi connectivity index (χ1v) is 4.27. The molecule has 1 N–H and O–H groups in total. The van der Waals surface area contributed by atoms with Gasteiger partial charge in [-0.2, -0.15) is 0 Å². The summed E-state index contributed by atoms with van der Waals surface area (Å²) < 4.78 is 25.6. The van der Waals surface area contributed by atoms with E-state index in [4.69, 9.17) is 5.11 Å². The number of hydrogen-bond acceptors (Lipinski definition) is 2. The summed E-state index contributed by atoms with van der Waals surface area (Å²) in [5, 5.41) is 8.98. The fourth-order valence-corrected chi connectivity index (χ4v) is 1.21. The molecule has 0 spiro atoms. The Morgan fingerprint density at radius 2 is 1.87 bits per heavy atom. The Kier molecular flexibility index (Phi) is 2.33. The molecule has 15 heavy (non-hydrogen) atoms. The Hall–Kier alpha value is -1.97. The molecular weight excluding hydrogens is 200 g/mol. The highest BCUT2D eigenvalue weighted by Gasteiger charge is 2.04. The van der Waals surface area contributed by atoms with Gasteiger partial charge in [0.2, 0.25) is 0 Å². The molecule has 0 unspecified atom stereocenters. The number of benzene rings is 1. The third-order valence-corrected chi connectivity index (χ3v) is 1.97. The molecule has 0 aliphatic carbocycles. The summed E-state index contributed by atoms with van der Waals surface area (Å²) >= 11 is 0. The SMILES string of the molecule is Oc1ccc(-c2ccc(F)cn2)cc1F. The minimum absolute atomic E-state index is 0.416. The largest absolute Gasteiger partial charge is 0.505 e. The lowest BCUT2D eigenvalue weighted by molar-refractivity contribution is 0.432. The van der Waals surface area contributed by atoms with Crippen LogP contribution in [0.2, 0.25) is 0 Å². The molecule has 1 heterocycles. The number of rotatable bonds is 1. The van der Waals surface area contributed by atoms with E-state index in [-0.39, 0.29) is 0 Å². The lowest BCUT2D eigenvalue weighted by Gasteiger charge is -2.01. The van der Waals surface area contributed by atoms with Gasteiger partial charge in [0.25, 0.3) is 0 Å². The number of pyridine rings is 1. The molecule has 1 aromatic heterocycles. The molecule has 2 nitrogen and oxygen atoms in total. The molecule has 4 heteroatoms. The van der Waals surface area contributed by atoms with Crippen molar-refractivity contribution >= 4 is 0 Å². The zero-order chi connectivity index (χ0) is 10.8. The second kappa shape index (κ2) is 3.65. The number of phenols is 1. The van der Waals surface area contributed by atoms with Crippen molar-refractivity contribution in [1.29, 1.82) is 0 Å². The van der Waals surface area contributed by atoms with E-state index in [1.54, 1.807) is 0 Å². The first kappa shape index (κ1) is 9.58. The van der Waals surface area contributed by atoms with E-state index < -0.39 is 17.4 Å². The number of nitrogens with zero attached hydrogens (tertiary/aromatic N) is 1. The van der Waals surface area contributed by atoms with Crippen molar-refractivity contribution in [2.24, 2.45) is 0 Å². The molecule has 2 aromatic rings. The number of phenolic OH excluding ortho intramolecular Hbond substituents is 1. The van der Waals surface area contributed by atoms with E-state index in [2.05, 4.69) is 4.98 Å². The summed E-state index contributed by atoms with van der Waals surface area (Å²) in [4.78, 5) is 3.80. The maximum Gasteiger partial charge on any atom is 0.165 e. The topological polar surface area (TPSA) is 33.1 Å². The predicted octanol–water partition coefficient (Wildman–Crippen LogP) is 2.73. The van der Waals surface area contributed by atoms with Crippen LogP contribution in [0.1, 0.15) is 0 Å². The van der Waals surface area contributed by atoms with Crippen molar-refractivity contribution in [3.63, 3.8) is 0 Å². The second-order valence-electron chi connectivity index (χ2n) is 3.03. The summed E-state index contributed by atoms with van der Waals surface area (Å²) in [5.41, 5.74) is 0.945. The fraction of sp³-hybridized carbons (Fsp3) is 0. The van der Waals surface area contributed by atoms with Gasteiger partial charge in [-0.05, 0) is 30.3 Å². The van der Waals surface area contributed by atoms with Crippen LogP contribution in [0.4, 0.5) is 8.78 Å². The van der Waals surface area contributed by atoms with Crippen LogP contribution >= 0.6 is 0 Å². The molecule has 0 radical (unpaired) electrons. The van der Waals surface area contributed by atoms with Crippen molar-refractivity contribution in [1.82, 2.24) is 4.98 Å². The Bertz CT molecular complexity index is 482. The predicted molar refractivity (Wildman–Crippen MR) is 51.3 cm³/mol. The number of aromatic hydroxyl groups is 1. The van der Waals surface area contributed by atoms with E-state index in [1.807, 2.05) is 0 Å². The molecular formula is C11H7F2NO. The fourth-order valence-electron chi connectivity index (χ4n) is 1.21. The van der Waals surface area contributed by atoms with Crippen LogP contribution in [0.15, 0.2) is 36.5 Å². The first-order chi connectivity index (χ1) is 7.16. The molecule has 0 amide bonds. The van der Waals surface area contributed by atoms with E-state index in [0.717, 1.165) is 12.3 Å². The molecule has 0 bridgehead atoms. The van der Waals surface area contributed by atoms with Crippen LogP contribution < -0.4 is 0 Å². The highest BCUT2D eigenvalue weighted by atomic mass is 19.1. The lowest BCUT2D eigenvalue weighted by atomic mass is 10.1. The molecule has 2 rings (SSSR count). The molecule has 0 saturated heterocycles. The average molecular weight is 207 g/mol. The van der Waals surface area contributed by atoms with Gasteiger partial charge in [-0.1, -0.05) is 0 Å². The van der Waals surface area contributed by atoms with Crippen LogP contribution in [-0.2, 0) is 0 Å². The Morgan fingerprint density at radius 1 is 1.07 bits per heavy atom. The minimum atomic E-state index is -0.723. The molecule has 0 fully saturated rings. The maximum atomic E-state index is 13.0. The van der Waals surface area contributed by atoms with Crippen LogP contribution in [0.5, 0.6) is 5.75 Å². The van der Waals surface area contributed by atoms with Crippen LogP contribution in [0.3, 0.4) is 0 Å². The zero-order valence-electron chi connectivity index (χ0n) is 7.61. The maximum absolute atomic E-state index is 13.0. The van der Waals surface area contributed by atoms with E-state index >= 15 is 0 Å². The van der Waals surface area contributed by atoms with Crippen molar-refractivity contribution in [2.45, 2.75) is 0 Å². The number of hydrogen-bond donors (Lipinski definition) is 1. The highest BCUT2D eigenvalue weighted by Crippen LogP contribution is 2.23. The molecule has 0 saturated carbocycles. The Balaban J connectivity index is 2.45. The van der Waals surface area contributed by atoms with Gasteiger partial charge in [-0.25, -0.2) is 8.78 Å². The Labute approximate surface area is 84.8 Å². The third kappa shape index (κ3) is 1.93. The van der Waals surface area contributed by atoms with Gasteiger partial charge in [0, 0.05) is 5.56 Å². The molecule has 0 aliphatic heterocycles. The van der Waals surface area contributed by atoms with Crippen molar-refractivity contribution < 1.29 is 13.9 Å². The smallest absolute Gasteiger partial charge is 0.165 e. The van der Waals surface area contributed by atoms with Gasteiger partial charge >= 0.3 is 0 Å². The van der Waals surface area contributed by atoms with Gasteiger partial charge in [0.1, 0.15) is 5.82 Å². The van der Waals surface area contributed by atoms with Gasteiger partial charge < -0.3 is 5.11 Å². The monoisotopic (exact) mass is 207 g/mol. The van der Waals surface area contributed by atoms with Crippen LogP contribution in [0.25, 0.3) is 11.3 Å². The lowest BCUT2D eigenvalue weighted by Crippen LogP contribution is -1.85. The Morgan fingerprint density at radius 3 is 2.47 bits per heavy atom. The standard InChI is InChI=1S/C11H7F2NO/c12-8-2-3-10(14-6-8)7-1-4-11(15)9(13)5-7/h1-6,15H. The van der Waals surface area contributed by atoms with Gasteiger partial charge in [0.05, 0.1) is 11.9 Å². The second-order valence-corrected chi connectivity index (χ2v) is 3.03. The summed E-state index contributed by atoms with van der Waals surface area (Å²) in [7, 11) is 0. The van der Waals surface area contributed by atoms with E-state index in [0.29, 0.717) is 11.3 Å². The van der Waals surface area contributed by atoms with Crippen LogP contribution in [-0.4, -0.2) is 10.1 Å². The summed E-state index contributed by atoms with van der Waals surface area (Å²) in [6.45, 7) is 0. The van der Waals surface area contributed by atoms with Gasteiger partial charge in [0.15, 0.2) is 11.6 Å². The molecule has 76 valence electrons. The highest BCUT2D eigenvalue weighted by molar-refractivity contribution is 5.59. The summed E-state index contributed by atoms with van der Waals surface area (Å²) in [6, 6.07) is 6.58. The third-order valence-electron chi connectivity index (χ3n) is 1.97. The van der Waals surface area contributed by atoms with Crippen LogP contribution in [0, 0.1) is 11.6 Å². The normalized spacial score (nSPS) is 10.3. The minimum Gasteiger partial charge on any atom is -0.505 e. The van der Waals surface area contributed by atoms with Crippen molar-refractivity contribution in [2.75, 3.05) is 0 Å². The quantitative estimate of drug-likeness (QED) is 0.779. The summed E-state index contributed by atoms with van der Waals surface area (Å²) in [5.74, 6) is -1.59. The van der Waals surface area contributed by atoms with Gasteiger partial charge in [-0.3, -0.25) is 4.98 Å². The number of halogens is 2. The average Bonchev–Trinajstić information content (AvgIpc) is 2.23.